The van der Waals surface area contributed by atoms with E-state index in [-0.39, 0.29) is 11.8 Å². The molecule has 0 bridgehead atoms. The Labute approximate surface area is 128 Å². The number of hydrogen-bond acceptors (Lipinski definition) is 4. The van der Waals surface area contributed by atoms with Crippen molar-refractivity contribution >= 4 is 44.5 Å². The van der Waals surface area contributed by atoms with Crippen LogP contribution < -0.4 is 4.74 Å². The number of aromatic nitrogens is 1. The lowest BCUT2D eigenvalue weighted by molar-refractivity contribution is -0.276. The molecule has 1 rings (SSSR count). The maximum absolute atomic E-state index is 12.2. The van der Waals surface area contributed by atoms with Crippen molar-refractivity contribution in [2.45, 2.75) is 18.1 Å². The monoisotopic (exact) mass is 453 g/mol. The molecule has 0 spiro atoms. The van der Waals surface area contributed by atoms with Crippen LogP contribution in [0.2, 0.25) is 0 Å². The van der Waals surface area contributed by atoms with Gasteiger partial charge in [0.25, 0.3) is 0 Å². The van der Waals surface area contributed by atoms with E-state index >= 15 is 0 Å². The van der Waals surface area contributed by atoms with Crippen LogP contribution in [0.3, 0.4) is 0 Å². The van der Waals surface area contributed by atoms with E-state index in [4.69, 9.17) is 0 Å². The van der Waals surface area contributed by atoms with Crippen LogP contribution in [-0.2, 0) is 21.3 Å². The van der Waals surface area contributed by atoms with Crippen LogP contribution in [0.4, 0.5) is 13.2 Å². The molecular weight excluding hydrogens is 446 g/mol. The first-order valence-corrected chi connectivity index (χ1v) is 7.03. The van der Waals surface area contributed by atoms with Crippen molar-refractivity contribution in [3.8, 4) is 5.88 Å². The molecule has 0 saturated heterocycles. The van der Waals surface area contributed by atoms with Crippen molar-refractivity contribution < 1.29 is 27.4 Å². The molecule has 9 heteroatoms. The molecule has 0 unspecified atom stereocenters. The summed E-state index contributed by atoms with van der Waals surface area (Å²) in [6.07, 6.45) is -4.97. The van der Waals surface area contributed by atoms with Crippen LogP contribution in [-0.4, -0.2) is 24.4 Å². The molecule has 0 amide bonds. The Balaban J connectivity index is 3.14. The third kappa shape index (κ3) is 5.13. The van der Waals surface area contributed by atoms with Crippen LogP contribution in [0.25, 0.3) is 0 Å². The Morgan fingerprint density at radius 1 is 1.53 bits per heavy atom. The van der Waals surface area contributed by atoms with E-state index in [9.17, 15) is 18.0 Å². The lowest BCUT2D eigenvalue weighted by Crippen LogP contribution is -2.19. The summed E-state index contributed by atoms with van der Waals surface area (Å²) in [5, 5.41) is 0.245. The Kier molecular flexibility index (Phi) is 5.83. The van der Waals surface area contributed by atoms with Gasteiger partial charge in [0.15, 0.2) is 0 Å². The number of esters is 1. The molecule has 1 aromatic rings. The third-order valence-corrected chi connectivity index (χ3v) is 3.83. The van der Waals surface area contributed by atoms with Gasteiger partial charge in [-0.05, 0) is 28.2 Å². The van der Waals surface area contributed by atoms with Gasteiger partial charge in [-0.3, -0.25) is 4.79 Å². The standard InChI is InChI=1S/C10H8BrF3INO3/c1-18-8(17)3-5-2-7(19-10(12,13)14)16-6(4-11)9(5)15/h2H,3-4H2,1H3. The van der Waals surface area contributed by atoms with Crippen LogP contribution in [0.5, 0.6) is 5.88 Å². The normalized spacial score (nSPS) is 11.3. The molecule has 0 radical (unpaired) electrons. The summed E-state index contributed by atoms with van der Waals surface area (Å²) in [5.74, 6) is -1.15. The number of hydrogen-bond donors (Lipinski definition) is 0. The number of carbonyl (C=O) groups is 1. The van der Waals surface area contributed by atoms with Crippen molar-refractivity contribution in [2.75, 3.05) is 7.11 Å². The number of rotatable bonds is 4. The molecule has 0 aliphatic carbocycles. The Morgan fingerprint density at radius 3 is 2.63 bits per heavy atom. The summed E-state index contributed by atoms with van der Waals surface area (Å²) in [6.45, 7) is 0. The minimum absolute atomic E-state index is 0.147. The molecule has 0 N–H and O–H groups in total. The van der Waals surface area contributed by atoms with Gasteiger partial charge in [0, 0.05) is 15.0 Å². The SMILES string of the molecule is COC(=O)Cc1cc(OC(F)(F)F)nc(CBr)c1I. The van der Waals surface area contributed by atoms with E-state index in [1.165, 1.54) is 7.11 Å². The van der Waals surface area contributed by atoms with Crippen molar-refractivity contribution in [3.05, 3.63) is 20.9 Å². The van der Waals surface area contributed by atoms with Crippen LogP contribution >= 0.6 is 38.5 Å². The maximum Gasteiger partial charge on any atom is 0.574 e. The highest BCUT2D eigenvalue weighted by Crippen LogP contribution is 2.27. The predicted molar refractivity (Wildman–Crippen MR) is 72.0 cm³/mol. The summed E-state index contributed by atoms with van der Waals surface area (Å²) >= 11 is 5.03. The second-order valence-corrected chi connectivity index (χ2v) is 4.95. The Hall–Kier alpha value is -0.580. The number of pyridine rings is 1. The third-order valence-electron chi connectivity index (χ3n) is 1.99. The largest absolute Gasteiger partial charge is 0.574 e. The fraction of sp³-hybridized carbons (Fsp3) is 0.400. The summed E-state index contributed by atoms with van der Waals surface area (Å²) in [5.41, 5.74) is 0.734. The Bertz CT molecular complexity index is 482. The first-order valence-electron chi connectivity index (χ1n) is 4.83. The van der Waals surface area contributed by atoms with Gasteiger partial charge in [-0.1, -0.05) is 15.9 Å². The number of carbonyl (C=O) groups excluding carboxylic acids is 1. The number of ether oxygens (including phenoxy) is 2. The lowest BCUT2D eigenvalue weighted by atomic mass is 10.1. The fourth-order valence-corrected chi connectivity index (χ4v) is 2.82. The second-order valence-electron chi connectivity index (χ2n) is 3.31. The fourth-order valence-electron chi connectivity index (χ4n) is 1.23. The molecule has 0 aliphatic rings. The van der Waals surface area contributed by atoms with Crippen molar-refractivity contribution in [1.82, 2.24) is 4.98 Å². The van der Waals surface area contributed by atoms with E-state index in [0.29, 0.717) is 14.8 Å². The quantitative estimate of drug-likeness (QED) is 0.399. The van der Waals surface area contributed by atoms with Gasteiger partial charge < -0.3 is 9.47 Å². The summed E-state index contributed by atoms with van der Waals surface area (Å²) < 4.78 is 45.4. The lowest BCUT2D eigenvalue weighted by Gasteiger charge is -2.12. The number of methoxy groups -OCH3 is 1. The van der Waals surface area contributed by atoms with Crippen LogP contribution in [0, 0.1) is 3.57 Å². The number of halogens is 5. The van der Waals surface area contributed by atoms with Crippen LogP contribution in [0.1, 0.15) is 11.3 Å². The van der Waals surface area contributed by atoms with Gasteiger partial charge >= 0.3 is 12.3 Å². The molecule has 0 saturated carbocycles. The predicted octanol–water partition coefficient (Wildman–Crippen LogP) is 3.20. The number of alkyl halides is 4. The molecule has 1 heterocycles. The van der Waals surface area contributed by atoms with Crippen molar-refractivity contribution in [1.29, 1.82) is 0 Å². The van der Waals surface area contributed by atoms with E-state index < -0.39 is 18.2 Å². The smallest absolute Gasteiger partial charge is 0.469 e. The van der Waals surface area contributed by atoms with Gasteiger partial charge in [0.2, 0.25) is 5.88 Å². The van der Waals surface area contributed by atoms with Crippen LogP contribution in [0.15, 0.2) is 6.07 Å². The van der Waals surface area contributed by atoms with Crippen molar-refractivity contribution in [2.24, 2.45) is 0 Å². The van der Waals surface area contributed by atoms with E-state index in [0.717, 1.165) is 6.07 Å². The minimum Gasteiger partial charge on any atom is -0.469 e. The molecule has 106 valence electrons. The topological polar surface area (TPSA) is 48.4 Å². The highest BCUT2D eigenvalue weighted by molar-refractivity contribution is 14.1. The zero-order valence-electron chi connectivity index (χ0n) is 9.55. The summed E-state index contributed by atoms with van der Waals surface area (Å²) in [7, 11) is 1.20. The summed E-state index contributed by atoms with van der Waals surface area (Å²) in [6, 6.07) is 1.08. The van der Waals surface area contributed by atoms with Crippen molar-refractivity contribution in [3.63, 3.8) is 0 Å². The first kappa shape index (κ1) is 16.5. The molecule has 0 fully saturated rings. The highest BCUT2D eigenvalue weighted by atomic mass is 127. The molecule has 0 aromatic carbocycles. The Morgan fingerprint density at radius 2 is 2.16 bits per heavy atom. The van der Waals surface area contributed by atoms with Gasteiger partial charge in [0.1, 0.15) is 0 Å². The van der Waals surface area contributed by atoms with E-state index in [2.05, 4.69) is 30.4 Å². The van der Waals surface area contributed by atoms with E-state index in [1.54, 1.807) is 0 Å². The molecule has 0 atom stereocenters. The summed E-state index contributed by atoms with van der Waals surface area (Å²) in [4.78, 5) is 14.9. The minimum atomic E-state index is -4.83. The zero-order valence-corrected chi connectivity index (χ0v) is 13.3. The zero-order chi connectivity index (χ0) is 14.6. The molecule has 1 aromatic heterocycles. The maximum atomic E-state index is 12.2. The van der Waals surface area contributed by atoms with Gasteiger partial charge in [-0.15, -0.1) is 13.2 Å². The first-order chi connectivity index (χ1) is 8.76. The average Bonchev–Trinajstić information content (AvgIpc) is 2.30. The number of nitrogens with zero attached hydrogens (tertiary/aromatic N) is 1. The van der Waals surface area contributed by atoms with Gasteiger partial charge in [-0.25, -0.2) is 4.98 Å². The molecule has 0 aliphatic heterocycles. The van der Waals surface area contributed by atoms with Gasteiger partial charge in [0.05, 0.1) is 19.2 Å². The molecular formula is C10H8BrF3INO3. The van der Waals surface area contributed by atoms with Gasteiger partial charge in [-0.2, -0.15) is 0 Å². The second kappa shape index (κ2) is 6.73. The molecule has 19 heavy (non-hydrogen) atoms. The average molecular weight is 454 g/mol. The van der Waals surface area contributed by atoms with E-state index in [1.807, 2.05) is 22.6 Å². The highest BCUT2D eigenvalue weighted by Gasteiger charge is 2.32. The molecule has 4 nitrogen and oxygen atoms in total.